The van der Waals surface area contributed by atoms with Crippen LogP contribution in [0.4, 0.5) is 5.69 Å². The number of halogens is 1. The number of hydrogen-bond acceptors (Lipinski definition) is 5. The van der Waals surface area contributed by atoms with Crippen LogP contribution in [0.2, 0.25) is 5.02 Å². The van der Waals surface area contributed by atoms with Crippen molar-refractivity contribution < 1.29 is 19.1 Å². The van der Waals surface area contributed by atoms with Crippen molar-refractivity contribution in [1.29, 1.82) is 0 Å². The summed E-state index contributed by atoms with van der Waals surface area (Å²) in [6, 6.07) is 14.3. The molecule has 2 aromatic carbocycles. The van der Waals surface area contributed by atoms with Gasteiger partial charge in [-0.05, 0) is 50.2 Å². The second-order valence-electron chi connectivity index (χ2n) is 5.29. The van der Waals surface area contributed by atoms with Crippen molar-refractivity contribution in [3.8, 4) is 5.75 Å². The number of ether oxygens (including phenoxy) is 2. The Morgan fingerprint density at radius 1 is 1.15 bits per heavy atom. The van der Waals surface area contributed by atoms with E-state index >= 15 is 0 Å². The summed E-state index contributed by atoms with van der Waals surface area (Å²) >= 11 is 7.32. The molecule has 5 nitrogen and oxygen atoms in total. The van der Waals surface area contributed by atoms with Gasteiger partial charge in [0, 0.05) is 4.90 Å². The van der Waals surface area contributed by atoms with E-state index in [4.69, 9.17) is 21.1 Å². The number of nitrogens with one attached hydrogen (secondary N) is 1. The van der Waals surface area contributed by atoms with Crippen molar-refractivity contribution >= 4 is 40.9 Å². The lowest BCUT2D eigenvalue weighted by molar-refractivity contribution is -0.150. The molecule has 0 fully saturated rings. The fourth-order valence-electron chi connectivity index (χ4n) is 2.02. The molecule has 1 amide bonds. The Morgan fingerprint density at radius 2 is 1.85 bits per heavy atom. The summed E-state index contributed by atoms with van der Waals surface area (Å²) in [5, 5.41) is 3.06. The summed E-state index contributed by atoms with van der Waals surface area (Å²) < 4.78 is 10.5. The SMILES string of the molecule is CCOc1ccc(SCC(=O)O[C@@H](C)C(=O)Nc2ccccc2Cl)cc1. The number of hydrogen-bond donors (Lipinski definition) is 1. The van der Waals surface area contributed by atoms with E-state index in [2.05, 4.69) is 5.32 Å². The van der Waals surface area contributed by atoms with Crippen LogP contribution in [0.3, 0.4) is 0 Å². The number of para-hydroxylation sites is 1. The second kappa shape index (κ2) is 10.1. The Morgan fingerprint density at radius 3 is 2.50 bits per heavy atom. The molecule has 0 bridgehead atoms. The van der Waals surface area contributed by atoms with Crippen LogP contribution in [-0.4, -0.2) is 30.3 Å². The minimum atomic E-state index is -0.917. The van der Waals surface area contributed by atoms with E-state index in [1.54, 1.807) is 24.3 Å². The third-order valence-corrected chi connectivity index (χ3v) is 4.62. The first-order valence-electron chi connectivity index (χ1n) is 8.10. The van der Waals surface area contributed by atoms with Gasteiger partial charge in [-0.2, -0.15) is 0 Å². The molecule has 138 valence electrons. The number of amides is 1. The summed E-state index contributed by atoms with van der Waals surface area (Å²) in [6.45, 7) is 4.04. The van der Waals surface area contributed by atoms with Gasteiger partial charge >= 0.3 is 5.97 Å². The van der Waals surface area contributed by atoms with E-state index in [9.17, 15) is 9.59 Å². The molecule has 0 aliphatic carbocycles. The first-order chi connectivity index (χ1) is 12.5. The Balaban J connectivity index is 1.79. The number of benzene rings is 2. The predicted octanol–water partition coefficient (Wildman–Crippen LogP) is 4.40. The average Bonchev–Trinajstić information content (AvgIpc) is 2.63. The third kappa shape index (κ3) is 6.28. The molecule has 0 aromatic heterocycles. The van der Waals surface area contributed by atoms with Crippen LogP contribution >= 0.6 is 23.4 Å². The normalized spacial score (nSPS) is 11.5. The highest BCUT2D eigenvalue weighted by molar-refractivity contribution is 8.00. The summed E-state index contributed by atoms with van der Waals surface area (Å²) in [7, 11) is 0. The highest BCUT2D eigenvalue weighted by atomic mass is 35.5. The Bertz CT molecular complexity index is 751. The van der Waals surface area contributed by atoms with Crippen LogP contribution in [-0.2, 0) is 14.3 Å². The maximum absolute atomic E-state index is 12.1. The summed E-state index contributed by atoms with van der Waals surface area (Å²) in [4.78, 5) is 25.0. The number of esters is 1. The predicted molar refractivity (Wildman–Crippen MR) is 104 cm³/mol. The zero-order valence-electron chi connectivity index (χ0n) is 14.5. The summed E-state index contributed by atoms with van der Waals surface area (Å²) in [6.07, 6.45) is -0.917. The van der Waals surface area contributed by atoms with Gasteiger partial charge in [0.25, 0.3) is 5.91 Å². The molecule has 2 aromatic rings. The highest BCUT2D eigenvalue weighted by Gasteiger charge is 2.18. The minimum Gasteiger partial charge on any atom is -0.494 e. The van der Waals surface area contributed by atoms with Crippen molar-refractivity contribution in [3.05, 3.63) is 53.6 Å². The lowest BCUT2D eigenvalue weighted by atomic mass is 10.3. The van der Waals surface area contributed by atoms with E-state index in [1.807, 2.05) is 31.2 Å². The van der Waals surface area contributed by atoms with Gasteiger partial charge in [-0.1, -0.05) is 23.7 Å². The molecule has 1 N–H and O–H groups in total. The standard InChI is InChI=1S/C19H20ClNO4S/c1-3-24-14-8-10-15(11-9-14)26-12-18(22)25-13(2)19(23)21-17-7-5-4-6-16(17)20/h4-11,13H,3,12H2,1-2H3,(H,21,23)/t13-/m0/s1. The fraction of sp³-hybridized carbons (Fsp3) is 0.263. The van der Waals surface area contributed by atoms with Gasteiger partial charge in [-0.15, -0.1) is 11.8 Å². The van der Waals surface area contributed by atoms with Gasteiger partial charge in [0.1, 0.15) is 5.75 Å². The first kappa shape index (κ1) is 20.1. The minimum absolute atomic E-state index is 0.109. The number of anilines is 1. The van der Waals surface area contributed by atoms with Crippen LogP contribution in [0.1, 0.15) is 13.8 Å². The van der Waals surface area contributed by atoms with Crippen molar-refractivity contribution in [1.82, 2.24) is 0 Å². The van der Waals surface area contributed by atoms with Crippen LogP contribution in [0.25, 0.3) is 0 Å². The van der Waals surface area contributed by atoms with Gasteiger partial charge in [-0.3, -0.25) is 9.59 Å². The Kier molecular flexibility index (Phi) is 7.81. The maximum atomic E-state index is 12.1. The van der Waals surface area contributed by atoms with E-state index in [0.29, 0.717) is 17.3 Å². The molecule has 0 aliphatic heterocycles. The van der Waals surface area contributed by atoms with Gasteiger partial charge in [0.15, 0.2) is 6.10 Å². The van der Waals surface area contributed by atoms with E-state index in [-0.39, 0.29) is 5.75 Å². The van der Waals surface area contributed by atoms with E-state index in [1.165, 1.54) is 18.7 Å². The van der Waals surface area contributed by atoms with Crippen molar-refractivity contribution in [2.24, 2.45) is 0 Å². The lowest BCUT2D eigenvalue weighted by Gasteiger charge is -2.14. The third-order valence-electron chi connectivity index (χ3n) is 3.30. The second-order valence-corrected chi connectivity index (χ2v) is 6.75. The molecular weight excluding hydrogens is 374 g/mol. The Labute approximate surface area is 162 Å². The van der Waals surface area contributed by atoms with Crippen LogP contribution in [0, 0.1) is 0 Å². The fourth-order valence-corrected chi connectivity index (χ4v) is 2.89. The average molecular weight is 394 g/mol. The molecular formula is C19H20ClNO4S. The number of thioether (sulfide) groups is 1. The molecule has 2 rings (SSSR count). The smallest absolute Gasteiger partial charge is 0.317 e. The van der Waals surface area contributed by atoms with Gasteiger partial charge in [0.2, 0.25) is 0 Å². The molecule has 0 heterocycles. The largest absolute Gasteiger partial charge is 0.494 e. The molecule has 26 heavy (non-hydrogen) atoms. The van der Waals surface area contributed by atoms with E-state index in [0.717, 1.165) is 10.6 Å². The monoisotopic (exact) mass is 393 g/mol. The van der Waals surface area contributed by atoms with Crippen LogP contribution < -0.4 is 10.1 Å². The number of rotatable bonds is 8. The number of carbonyl (C=O) groups is 2. The molecule has 0 saturated heterocycles. The Hall–Kier alpha value is -2.18. The number of carbonyl (C=O) groups excluding carboxylic acids is 2. The van der Waals surface area contributed by atoms with Gasteiger partial charge in [-0.25, -0.2) is 0 Å². The lowest BCUT2D eigenvalue weighted by Crippen LogP contribution is -2.30. The van der Waals surface area contributed by atoms with Crippen molar-refractivity contribution in [3.63, 3.8) is 0 Å². The van der Waals surface area contributed by atoms with E-state index < -0.39 is 18.0 Å². The van der Waals surface area contributed by atoms with Gasteiger partial charge in [0.05, 0.1) is 23.1 Å². The highest BCUT2D eigenvalue weighted by Crippen LogP contribution is 2.22. The topological polar surface area (TPSA) is 64.6 Å². The zero-order chi connectivity index (χ0) is 18.9. The molecule has 0 spiro atoms. The first-order valence-corrected chi connectivity index (χ1v) is 9.46. The molecule has 0 radical (unpaired) electrons. The summed E-state index contributed by atoms with van der Waals surface area (Å²) in [5.74, 6) is -0.00923. The molecule has 0 saturated carbocycles. The quantitative estimate of drug-likeness (QED) is 0.532. The zero-order valence-corrected chi connectivity index (χ0v) is 16.1. The van der Waals surface area contributed by atoms with Crippen molar-refractivity contribution in [2.45, 2.75) is 24.8 Å². The van der Waals surface area contributed by atoms with Crippen LogP contribution in [0.5, 0.6) is 5.75 Å². The molecule has 0 aliphatic rings. The summed E-state index contributed by atoms with van der Waals surface area (Å²) in [5.41, 5.74) is 0.478. The van der Waals surface area contributed by atoms with Crippen molar-refractivity contribution in [2.75, 3.05) is 17.7 Å². The molecule has 1 atom stereocenters. The molecule has 0 unspecified atom stereocenters. The maximum Gasteiger partial charge on any atom is 0.317 e. The van der Waals surface area contributed by atoms with Crippen LogP contribution in [0.15, 0.2) is 53.4 Å². The molecule has 7 heteroatoms. The van der Waals surface area contributed by atoms with Gasteiger partial charge < -0.3 is 14.8 Å².